The third kappa shape index (κ3) is 1.90. The van der Waals surface area contributed by atoms with Gasteiger partial charge < -0.3 is 5.11 Å². The molecule has 1 aromatic heterocycles. The highest BCUT2D eigenvalue weighted by molar-refractivity contribution is 5.84. The van der Waals surface area contributed by atoms with Gasteiger partial charge in [-0.1, -0.05) is 0 Å². The second-order valence-corrected chi connectivity index (χ2v) is 3.05. The molecule has 0 radical (unpaired) electrons. The summed E-state index contributed by atoms with van der Waals surface area (Å²) in [6.45, 7) is 0. The van der Waals surface area contributed by atoms with Gasteiger partial charge in [0.25, 0.3) is 0 Å². The van der Waals surface area contributed by atoms with Gasteiger partial charge in [0.1, 0.15) is 12.1 Å². The molecule has 0 amide bonds. The fraction of sp³-hybridized carbons (Fsp3) is 0.100. The largest absolute Gasteiger partial charge is 0.481 e. The zero-order valence-electron chi connectivity index (χ0n) is 7.64. The summed E-state index contributed by atoms with van der Waals surface area (Å²) in [5.41, 5.74) is 0.870. The Balaban J connectivity index is 2.63. The molecule has 0 saturated heterocycles. The first kappa shape index (κ1) is 9.51. The van der Waals surface area contributed by atoms with Crippen LogP contribution in [-0.2, 0) is 11.2 Å². The van der Waals surface area contributed by atoms with E-state index in [2.05, 4.69) is 9.97 Å². The summed E-state index contributed by atoms with van der Waals surface area (Å²) < 4.78 is 13.0. The zero-order valence-corrected chi connectivity index (χ0v) is 7.64. The van der Waals surface area contributed by atoms with Crippen molar-refractivity contribution in [2.45, 2.75) is 6.42 Å². The number of fused-ring (bicyclic) bond motifs is 1. The van der Waals surface area contributed by atoms with Crippen molar-refractivity contribution in [3.8, 4) is 0 Å². The van der Waals surface area contributed by atoms with E-state index in [-0.39, 0.29) is 6.42 Å². The Hall–Kier alpha value is -2.04. The Morgan fingerprint density at radius 2 is 2.20 bits per heavy atom. The molecular formula is C10H7FN2O2. The molecule has 0 aliphatic rings. The quantitative estimate of drug-likeness (QED) is 0.806. The van der Waals surface area contributed by atoms with Crippen molar-refractivity contribution in [2.24, 2.45) is 0 Å². The number of aliphatic carboxylic acids is 1. The van der Waals surface area contributed by atoms with E-state index in [0.29, 0.717) is 16.6 Å². The lowest BCUT2D eigenvalue weighted by Crippen LogP contribution is -2.03. The van der Waals surface area contributed by atoms with Gasteiger partial charge in [0.15, 0.2) is 0 Å². The minimum Gasteiger partial charge on any atom is -0.481 e. The lowest BCUT2D eigenvalue weighted by Gasteiger charge is -2.01. The molecule has 1 heterocycles. The van der Waals surface area contributed by atoms with Crippen molar-refractivity contribution in [3.05, 3.63) is 36.0 Å². The number of nitrogens with zero attached hydrogens (tertiary/aromatic N) is 2. The van der Waals surface area contributed by atoms with Crippen molar-refractivity contribution in [1.29, 1.82) is 0 Å². The summed E-state index contributed by atoms with van der Waals surface area (Å²) in [5, 5.41) is 9.09. The highest BCUT2D eigenvalue weighted by atomic mass is 19.1. The molecule has 2 aromatic rings. The second-order valence-electron chi connectivity index (χ2n) is 3.05. The standard InChI is InChI=1S/C10H7FN2O2/c11-6-1-2-8-7(3-6)9(4-10(14)15)13-5-12-8/h1-3,5H,4H2,(H,14,15). The minimum atomic E-state index is -1.00. The molecule has 5 heteroatoms. The molecule has 0 spiro atoms. The van der Waals surface area contributed by atoms with Crippen molar-refractivity contribution in [1.82, 2.24) is 9.97 Å². The molecule has 0 unspecified atom stereocenters. The van der Waals surface area contributed by atoms with Crippen LogP contribution in [0.1, 0.15) is 5.69 Å². The maximum Gasteiger partial charge on any atom is 0.309 e. The van der Waals surface area contributed by atoms with Gasteiger partial charge in [0.05, 0.1) is 17.6 Å². The normalized spacial score (nSPS) is 10.5. The average Bonchev–Trinajstić information content (AvgIpc) is 2.18. The smallest absolute Gasteiger partial charge is 0.309 e. The van der Waals surface area contributed by atoms with E-state index in [1.165, 1.54) is 24.5 Å². The van der Waals surface area contributed by atoms with E-state index < -0.39 is 11.8 Å². The highest BCUT2D eigenvalue weighted by Gasteiger charge is 2.08. The first-order valence-corrected chi connectivity index (χ1v) is 4.28. The van der Waals surface area contributed by atoms with Crippen LogP contribution in [0.25, 0.3) is 10.9 Å². The van der Waals surface area contributed by atoms with Crippen molar-refractivity contribution in [3.63, 3.8) is 0 Å². The highest BCUT2D eigenvalue weighted by Crippen LogP contribution is 2.16. The van der Waals surface area contributed by atoms with E-state index in [4.69, 9.17) is 5.11 Å². The summed E-state index contributed by atoms with van der Waals surface area (Å²) >= 11 is 0. The van der Waals surface area contributed by atoms with E-state index in [1.807, 2.05) is 0 Å². The van der Waals surface area contributed by atoms with Crippen molar-refractivity contribution < 1.29 is 14.3 Å². The van der Waals surface area contributed by atoms with Crippen LogP contribution >= 0.6 is 0 Å². The van der Waals surface area contributed by atoms with E-state index in [1.54, 1.807) is 0 Å². The fourth-order valence-electron chi connectivity index (χ4n) is 1.37. The molecule has 2 rings (SSSR count). The lowest BCUT2D eigenvalue weighted by atomic mass is 10.1. The third-order valence-corrected chi connectivity index (χ3v) is 2.00. The van der Waals surface area contributed by atoms with Gasteiger partial charge in [-0.25, -0.2) is 14.4 Å². The van der Waals surface area contributed by atoms with Gasteiger partial charge in [-0.05, 0) is 18.2 Å². The predicted octanol–water partition coefficient (Wildman–Crippen LogP) is 1.40. The van der Waals surface area contributed by atoms with Crippen LogP contribution in [0.15, 0.2) is 24.5 Å². The second kappa shape index (κ2) is 3.61. The Kier molecular flexibility index (Phi) is 2.29. The summed E-state index contributed by atoms with van der Waals surface area (Å²) in [6.07, 6.45) is 1.04. The maximum atomic E-state index is 13.0. The van der Waals surface area contributed by atoms with Crippen LogP contribution in [0.4, 0.5) is 4.39 Å². The molecule has 15 heavy (non-hydrogen) atoms. The van der Waals surface area contributed by atoms with Crippen molar-refractivity contribution in [2.75, 3.05) is 0 Å². The molecular weight excluding hydrogens is 199 g/mol. The topological polar surface area (TPSA) is 63.1 Å². The number of carboxylic acids is 1. The summed E-state index contributed by atoms with van der Waals surface area (Å²) in [5.74, 6) is -1.43. The first-order valence-electron chi connectivity index (χ1n) is 4.28. The third-order valence-electron chi connectivity index (χ3n) is 2.00. The molecule has 0 atom stereocenters. The first-order chi connectivity index (χ1) is 7.16. The number of halogens is 1. The Labute approximate surface area is 84.4 Å². The summed E-state index contributed by atoms with van der Waals surface area (Å²) in [6, 6.07) is 4.02. The lowest BCUT2D eigenvalue weighted by molar-refractivity contribution is -0.136. The minimum absolute atomic E-state index is 0.234. The van der Waals surface area contributed by atoms with Crippen LogP contribution in [0.3, 0.4) is 0 Å². The van der Waals surface area contributed by atoms with Crippen LogP contribution < -0.4 is 0 Å². The fourth-order valence-corrected chi connectivity index (χ4v) is 1.37. The molecule has 0 fully saturated rings. The number of aromatic nitrogens is 2. The average molecular weight is 206 g/mol. The molecule has 0 aliphatic carbocycles. The number of benzene rings is 1. The molecule has 1 N–H and O–H groups in total. The van der Waals surface area contributed by atoms with Gasteiger partial charge in [-0.15, -0.1) is 0 Å². The van der Waals surface area contributed by atoms with Gasteiger partial charge in [0.2, 0.25) is 0 Å². The zero-order chi connectivity index (χ0) is 10.8. The van der Waals surface area contributed by atoms with Gasteiger partial charge in [-0.2, -0.15) is 0 Å². The SMILES string of the molecule is O=C(O)Cc1ncnc2ccc(F)cc12. The summed E-state index contributed by atoms with van der Waals surface area (Å²) in [7, 11) is 0. The number of rotatable bonds is 2. The molecule has 4 nitrogen and oxygen atoms in total. The Bertz CT molecular complexity index is 528. The number of carbonyl (C=O) groups is 1. The van der Waals surface area contributed by atoms with Crippen LogP contribution in [0.5, 0.6) is 0 Å². The van der Waals surface area contributed by atoms with E-state index in [9.17, 15) is 9.18 Å². The number of carboxylic acid groups (broad SMARTS) is 1. The molecule has 0 saturated carbocycles. The van der Waals surface area contributed by atoms with E-state index in [0.717, 1.165) is 0 Å². The molecule has 1 aromatic carbocycles. The molecule has 76 valence electrons. The van der Waals surface area contributed by atoms with Crippen LogP contribution in [0.2, 0.25) is 0 Å². The van der Waals surface area contributed by atoms with Crippen LogP contribution in [-0.4, -0.2) is 21.0 Å². The Morgan fingerprint density at radius 3 is 2.93 bits per heavy atom. The summed E-state index contributed by atoms with van der Waals surface area (Å²) in [4.78, 5) is 18.3. The number of hydrogen-bond acceptors (Lipinski definition) is 3. The predicted molar refractivity (Wildman–Crippen MR) is 50.8 cm³/mol. The van der Waals surface area contributed by atoms with Gasteiger partial charge in [0, 0.05) is 5.39 Å². The van der Waals surface area contributed by atoms with Crippen LogP contribution in [0, 0.1) is 5.82 Å². The molecule has 0 aliphatic heterocycles. The van der Waals surface area contributed by atoms with Gasteiger partial charge in [-0.3, -0.25) is 4.79 Å². The van der Waals surface area contributed by atoms with Gasteiger partial charge >= 0.3 is 5.97 Å². The number of hydrogen-bond donors (Lipinski definition) is 1. The maximum absolute atomic E-state index is 13.0. The Morgan fingerprint density at radius 1 is 1.40 bits per heavy atom. The van der Waals surface area contributed by atoms with E-state index >= 15 is 0 Å². The monoisotopic (exact) mass is 206 g/mol. The molecule has 0 bridgehead atoms. The van der Waals surface area contributed by atoms with Crippen molar-refractivity contribution >= 4 is 16.9 Å².